The van der Waals surface area contributed by atoms with E-state index in [9.17, 15) is 9.90 Å². The van der Waals surface area contributed by atoms with E-state index in [1.165, 1.54) is 18.0 Å². The van der Waals surface area contributed by atoms with Crippen molar-refractivity contribution in [1.82, 2.24) is 15.1 Å². The third-order valence-electron chi connectivity index (χ3n) is 3.32. The van der Waals surface area contributed by atoms with Crippen LogP contribution in [0.5, 0.6) is 0 Å². The topological polar surface area (TPSA) is 67.2 Å². The summed E-state index contributed by atoms with van der Waals surface area (Å²) in [6.07, 6.45) is 5.07. The number of nitrogens with one attached hydrogen (secondary N) is 1. The van der Waals surface area contributed by atoms with E-state index in [1.807, 2.05) is 25.3 Å². The van der Waals surface area contributed by atoms with Crippen molar-refractivity contribution in [3.63, 3.8) is 0 Å². The van der Waals surface area contributed by atoms with Crippen LogP contribution in [-0.2, 0) is 0 Å². The highest BCUT2D eigenvalue weighted by Crippen LogP contribution is 2.15. The largest absolute Gasteiger partial charge is 0.395 e. The van der Waals surface area contributed by atoms with Crippen molar-refractivity contribution >= 4 is 29.3 Å². The number of carbonyl (C=O) groups is 1. The van der Waals surface area contributed by atoms with Gasteiger partial charge < -0.3 is 10.4 Å². The minimum Gasteiger partial charge on any atom is -0.395 e. The third kappa shape index (κ3) is 4.03. The summed E-state index contributed by atoms with van der Waals surface area (Å²) in [5.74, 6) is -0.215. The van der Waals surface area contributed by atoms with Crippen molar-refractivity contribution < 1.29 is 9.90 Å². The zero-order valence-electron chi connectivity index (χ0n) is 12.4. The molecule has 0 bridgehead atoms. The molecule has 2 N–H and O–H groups in total. The number of carbonyl (C=O) groups excluding carboxylic acids is 1. The SMILES string of the molecule is CSC(CO)C(C)NC(=O)c1cnn(-c2cccc(Cl)c2)c1. The zero-order chi connectivity index (χ0) is 16.1. The number of halogens is 1. The first kappa shape index (κ1) is 16.9. The van der Waals surface area contributed by atoms with Crippen molar-refractivity contribution in [3.8, 4) is 5.69 Å². The van der Waals surface area contributed by atoms with Crippen LogP contribution in [0.25, 0.3) is 5.69 Å². The van der Waals surface area contributed by atoms with Crippen molar-refractivity contribution in [3.05, 3.63) is 47.2 Å². The monoisotopic (exact) mass is 339 g/mol. The lowest BCUT2D eigenvalue weighted by atomic mass is 10.2. The molecule has 0 saturated carbocycles. The van der Waals surface area contributed by atoms with E-state index >= 15 is 0 Å². The van der Waals surface area contributed by atoms with Gasteiger partial charge in [-0.2, -0.15) is 16.9 Å². The Balaban J connectivity index is 2.09. The van der Waals surface area contributed by atoms with Gasteiger partial charge in [0.05, 0.1) is 24.1 Å². The normalized spacial score (nSPS) is 13.6. The van der Waals surface area contributed by atoms with Gasteiger partial charge in [-0.1, -0.05) is 17.7 Å². The smallest absolute Gasteiger partial charge is 0.254 e. The van der Waals surface area contributed by atoms with Crippen LogP contribution in [0.4, 0.5) is 0 Å². The number of nitrogens with zero attached hydrogens (tertiary/aromatic N) is 2. The van der Waals surface area contributed by atoms with Gasteiger partial charge in [0, 0.05) is 22.5 Å². The molecule has 0 spiro atoms. The van der Waals surface area contributed by atoms with Crippen LogP contribution in [0.15, 0.2) is 36.7 Å². The summed E-state index contributed by atoms with van der Waals surface area (Å²) in [7, 11) is 0. The quantitative estimate of drug-likeness (QED) is 0.848. The van der Waals surface area contributed by atoms with Gasteiger partial charge in [-0.3, -0.25) is 4.79 Å². The van der Waals surface area contributed by atoms with Crippen LogP contribution >= 0.6 is 23.4 Å². The molecule has 2 unspecified atom stereocenters. The lowest BCUT2D eigenvalue weighted by molar-refractivity contribution is 0.0936. The number of hydrogen-bond donors (Lipinski definition) is 2. The molecule has 7 heteroatoms. The molecule has 22 heavy (non-hydrogen) atoms. The molecule has 0 aliphatic heterocycles. The van der Waals surface area contributed by atoms with E-state index in [2.05, 4.69) is 10.4 Å². The molecule has 2 aromatic rings. The summed E-state index contributed by atoms with van der Waals surface area (Å²) >= 11 is 7.47. The summed E-state index contributed by atoms with van der Waals surface area (Å²) in [6.45, 7) is 1.89. The Morgan fingerprint density at radius 2 is 2.32 bits per heavy atom. The molecule has 2 rings (SSSR count). The van der Waals surface area contributed by atoms with Crippen LogP contribution in [-0.4, -0.2) is 44.9 Å². The maximum atomic E-state index is 12.2. The van der Waals surface area contributed by atoms with E-state index in [4.69, 9.17) is 11.6 Å². The van der Waals surface area contributed by atoms with Gasteiger partial charge in [-0.25, -0.2) is 4.68 Å². The fraction of sp³-hybridized carbons (Fsp3) is 0.333. The first-order chi connectivity index (χ1) is 10.5. The lowest BCUT2D eigenvalue weighted by Crippen LogP contribution is -2.41. The number of aromatic nitrogens is 2. The Hall–Kier alpha value is -1.50. The molecule has 1 amide bonds. The first-order valence-electron chi connectivity index (χ1n) is 6.80. The number of rotatable bonds is 6. The second-order valence-electron chi connectivity index (χ2n) is 4.87. The molecule has 1 aromatic heterocycles. The van der Waals surface area contributed by atoms with Gasteiger partial charge >= 0.3 is 0 Å². The van der Waals surface area contributed by atoms with Crippen molar-refractivity contribution in [2.45, 2.75) is 18.2 Å². The molecular formula is C15H18ClN3O2S. The van der Waals surface area contributed by atoms with Gasteiger partial charge in [0.2, 0.25) is 0 Å². The number of aliphatic hydroxyl groups excluding tert-OH is 1. The van der Waals surface area contributed by atoms with E-state index < -0.39 is 0 Å². The molecular weight excluding hydrogens is 322 g/mol. The Morgan fingerprint density at radius 1 is 1.55 bits per heavy atom. The molecule has 2 atom stereocenters. The zero-order valence-corrected chi connectivity index (χ0v) is 13.9. The molecule has 0 fully saturated rings. The second-order valence-corrected chi connectivity index (χ2v) is 6.39. The fourth-order valence-electron chi connectivity index (χ4n) is 2.02. The minimum atomic E-state index is -0.215. The third-order valence-corrected chi connectivity index (χ3v) is 4.71. The predicted octanol–water partition coefficient (Wildman–Crippen LogP) is 2.37. The molecule has 0 aliphatic rings. The second kappa shape index (κ2) is 7.67. The summed E-state index contributed by atoms with van der Waals surface area (Å²) in [5.41, 5.74) is 1.25. The lowest BCUT2D eigenvalue weighted by Gasteiger charge is -2.20. The highest BCUT2D eigenvalue weighted by atomic mass is 35.5. The Labute approximate surface area is 138 Å². The molecule has 0 radical (unpaired) electrons. The van der Waals surface area contributed by atoms with Crippen LogP contribution in [0.3, 0.4) is 0 Å². The van der Waals surface area contributed by atoms with E-state index in [0.717, 1.165) is 5.69 Å². The Morgan fingerprint density at radius 3 is 2.95 bits per heavy atom. The van der Waals surface area contributed by atoms with Gasteiger partial charge in [0.15, 0.2) is 0 Å². The number of thioether (sulfide) groups is 1. The van der Waals surface area contributed by atoms with Gasteiger partial charge in [-0.05, 0) is 31.4 Å². The summed E-state index contributed by atoms with van der Waals surface area (Å²) in [4.78, 5) is 12.2. The van der Waals surface area contributed by atoms with E-state index in [-0.39, 0.29) is 23.8 Å². The number of amides is 1. The summed E-state index contributed by atoms with van der Waals surface area (Å²) in [5, 5.41) is 16.9. The van der Waals surface area contributed by atoms with E-state index in [0.29, 0.717) is 10.6 Å². The number of aliphatic hydroxyl groups is 1. The summed E-state index contributed by atoms with van der Waals surface area (Å²) < 4.78 is 1.60. The van der Waals surface area contributed by atoms with Crippen LogP contribution in [0.1, 0.15) is 17.3 Å². The van der Waals surface area contributed by atoms with Crippen molar-refractivity contribution in [2.75, 3.05) is 12.9 Å². The van der Waals surface area contributed by atoms with Crippen molar-refractivity contribution in [2.24, 2.45) is 0 Å². The molecule has 0 saturated heterocycles. The Kier molecular flexibility index (Phi) is 5.88. The van der Waals surface area contributed by atoms with Crippen LogP contribution < -0.4 is 5.32 Å². The molecule has 1 aromatic carbocycles. The molecule has 1 heterocycles. The fourth-order valence-corrected chi connectivity index (χ4v) is 2.83. The van der Waals surface area contributed by atoms with Gasteiger partial charge in [-0.15, -0.1) is 0 Å². The van der Waals surface area contributed by atoms with Crippen LogP contribution in [0.2, 0.25) is 5.02 Å². The standard InChI is InChI=1S/C15H18ClN3O2S/c1-10(14(9-20)22-2)18-15(21)11-7-17-19(8-11)13-5-3-4-12(16)6-13/h3-8,10,14,20H,9H2,1-2H3,(H,18,21). The average molecular weight is 340 g/mol. The van der Waals surface area contributed by atoms with E-state index in [1.54, 1.807) is 23.0 Å². The van der Waals surface area contributed by atoms with Gasteiger partial charge in [0.1, 0.15) is 0 Å². The number of hydrogen-bond acceptors (Lipinski definition) is 4. The van der Waals surface area contributed by atoms with Crippen LogP contribution in [0, 0.1) is 0 Å². The highest BCUT2D eigenvalue weighted by Gasteiger charge is 2.19. The predicted molar refractivity (Wildman–Crippen MR) is 89.9 cm³/mol. The maximum absolute atomic E-state index is 12.2. The first-order valence-corrected chi connectivity index (χ1v) is 8.47. The number of benzene rings is 1. The van der Waals surface area contributed by atoms with Crippen molar-refractivity contribution in [1.29, 1.82) is 0 Å². The summed E-state index contributed by atoms with van der Waals surface area (Å²) in [6, 6.07) is 7.10. The Bertz CT molecular complexity index is 643. The molecule has 0 aliphatic carbocycles. The highest BCUT2D eigenvalue weighted by molar-refractivity contribution is 7.99. The average Bonchev–Trinajstić information content (AvgIpc) is 2.98. The minimum absolute atomic E-state index is 0.0182. The maximum Gasteiger partial charge on any atom is 0.254 e. The van der Waals surface area contributed by atoms with Gasteiger partial charge in [0.25, 0.3) is 5.91 Å². The molecule has 118 valence electrons. The molecule has 5 nitrogen and oxygen atoms in total.